The smallest absolute Gasteiger partial charge is 0.273 e. The van der Waals surface area contributed by atoms with Gasteiger partial charge in [-0.1, -0.05) is 66.1 Å². The Morgan fingerprint density at radius 3 is 2.39 bits per heavy atom. The van der Waals surface area contributed by atoms with E-state index in [0.717, 1.165) is 21.3 Å². The van der Waals surface area contributed by atoms with E-state index in [1.165, 1.54) is 11.8 Å². The van der Waals surface area contributed by atoms with Crippen LogP contribution in [-0.2, 0) is 4.79 Å². The van der Waals surface area contributed by atoms with Crippen molar-refractivity contribution in [1.29, 1.82) is 0 Å². The number of fused-ring (bicyclic) bond motifs is 1. The van der Waals surface area contributed by atoms with Crippen LogP contribution in [0.15, 0.2) is 69.4 Å². The molecule has 0 aliphatic carbocycles. The molecule has 3 nitrogen and oxygen atoms in total. The molecule has 0 radical (unpaired) electrons. The average Bonchev–Trinajstić information content (AvgIpc) is 3.05. The molecule has 0 atom stereocenters. The second kappa shape index (κ2) is 5.70. The third-order valence-corrected chi connectivity index (χ3v) is 6.44. The number of nitrogens with zero attached hydrogens (tertiary/aromatic N) is 2. The number of para-hydroxylation sites is 2. The molecule has 0 bridgehead atoms. The Morgan fingerprint density at radius 1 is 0.957 bits per heavy atom. The summed E-state index contributed by atoms with van der Waals surface area (Å²) < 4.78 is 0.577. The van der Waals surface area contributed by atoms with Gasteiger partial charge in [0.2, 0.25) is 0 Å². The van der Waals surface area contributed by atoms with Crippen molar-refractivity contribution in [2.45, 2.75) is 4.90 Å². The minimum Gasteiger partial charge on any atom is -0.337 e. The van der Waals surface area contributed by atoms with Crippen LogP contribution in [0.2, 0.25) is 0 Å². The first-order chi connectivity index (χ1) is 11.2. The van der Waals surface area contributed by atoms with E-state index < -0.39 is 0 Å². The molecule has 0 saturated carbocycles. The molecule has 0 spiro atoms. The highest BCUT2D eigenvalue weighted by molar-refractivity contribution is 8.27. The molecule has 0 aromatic heterocycles. The van der Waals surface area contributed by atoms with Crippen molar-refractivity contribution in [2.24, 2.45) is 0 Å². The van der Waals surface area contributed by atoms with E-state index in [1.54, 1.807) is 16.7 Å². The van der Waals surface area contributed by atoms with Gasteiger partial charge in [0.05, 0.1) is 16.4 Å². The van der Waals surface area contributed by atoms with Crippen LogP contribution in [-0.4, -0.2) is 17.3 Å². The summed E-state index contributed by atoms with van der Waals surface area (Å²) in [7, 11) is 1.99. The normalized spacial score (nSPS) is 20.4. The lowest BCUT2D eigenvalue weighted by Gasteiger charge is -2.16. The zero-order chi connectivity index (χ0) is 16.0. The largest absolute Gasteiger partial charge is 0.337 e. The molecule has 2 aromatic carbocycles. The van der Waals surface area contributed by atoms with Gasteiger partial charge in [-0.15, -0.1) is 0 Å². The van der Waals surface area contributed by atoms with Crippen LogP contribution in [0.5, 0.6) is 0 Å². The maximum Gasteiger partial charge on any atom is 0.273 e. The summed E-state index contributed by atoms with van der Waals surface area (Å²) in [5.74, 6) is -0.0478. The zero-order valence-corrected chi connectivity index (χ0v) is 14.7. The molecule has 1 amide bonds. The van der Waals surface area contributed by atoms with Crippen molar-refractivity contribution in [3.05, 3.63) is 64.5 Å². The highest BCUT2D eigenvalue weighted by Gasteiger charge is 2.38. The maximum absolute atomic E-state index is 12.9. The average molecular weight is 356 g/mol. The van der Waals surface area contributed by atoms with Gasteiger partial charge in [-0.05, 0) is 24.3 Å². The van der Waals surface area contributed by atoms with Gasteiger partial charge in [-0.3, -0.25) is 9.69 Å². The van der Waals surface area contributed by atoms with Crippen LogP contribution in [0.1, 0.15) is 0 Å². The van der Waals surface area contributed by atoms with Crippen molar-refractivity contribution in [3.63, 3.8) is 0 Å². The highest BCUT2D eigenvalue weighted by atomic mass is 32.2. The van der Waals surface area contributed by atoms with Crippen molar-refractivity contribution in [2.75, 3.05) is 16.8 Å². The molecular formula is C17H12N2OS3. The third-order valence-electron chi connectivity index (χ3n) is 3.72. The first-order valence-electron chi connectivity index (χ1n) is 7.03. The van der Waals surface area contributed by atoms with Gasteiger partial charge in [0.1, 0.15) is 4.91 Å². The molecule has 1 saturated heterocycles. The summed E-state index contributed by atoms with van der Waals surface area (Å²) in [6, 6.07) is 17.7. The summed E-state index contributed by atoms with van der Waals surface area (Å²) in [5.41, 5.74) is 1.94. The molecule has 23 heavy (non-hydrogen) atoms. The molecule has 0 N–H and O–H groups in total. The topological polar surface area (TPSA) is 23.6 Å². The Labute approximate surface area is 148 Å². The number of thioether (sulfide) groups is 2. The predicted molar refractivity (Wildman–Crippen MR) is 102 cm³/mol. The van der Waals surface area contributed by atoms with E-state index >= 15 is 0 Å². The zero-order valence-electron chi connectivity index (χ0n) is 12.2. The predicted octanol–water partition coefficient (Wildman–Crippen LogP) is 4.46. The first-order valence-corrected chi connectivity index (χ1v) is 9.07. The molecule has 2 aliphatic heterocycles. The molecule has 2 aromatic rings. The molecule has 2 heterocycles. The first kappa shape index (κ1) is 14.8. The summed E-state index contributed by atoms with van der Waals surface area (Å²) >= 11 is 8.44. The van der Waals surface area contributed by atoms with Crippen molar-refractivity contribution in [3.8, 4) is 0 Å². The fourth-order valence-electron chi connectivity index (χ4n) is 2.60. The molecule has 2 aliphatic rings. The lowest BCUT2D eigenvalue weighted by molar-refractivity contribution is -0.113. The Hall–Kier alpha value is -1.76. The van der Waals surface area contributed by atoms with Gasteiger partial charge < -0.3 is 4.90 Å². The summed E-state index contributed by atoms with van der Waals surface area (Å²) in [4.78, 5) is 18.5. The molecule has 6 heteroatoms. The Balaban J connectivity index is 1.75. The van der Waals surface area contributed by atoms with E-state index in [-0.39, 0.29) is 5.91 Å². The summed E-state index contributed by atoms with van der Waals surface area (Å²) in [6.07, 6.45) is 0. The van der Waals surface area contributed by atoms with E-state index in [9.17, 15) is 4.79 Å². The van der Waals surface area contributed by atoms with E-state index in [0.29, 0.717) is 9.23 Å². The van der Waals surface area contributed by atoms with Crippen molar-refractivity contribution < 1.29 is 4.79 Å². The number of anilines is 2. The van der Waals surface area contributed by atoms with Gasteiger partial charge >= 0.3 is 0 Å². The van der Waals surface area contributed by atoms with Gasteiger partial charge in [0.15, 0.2) is 4.32 Å². The van der Waals surface area contributed by atoms with Gasteiger partial charge in [0.25, 0.3) is 5.91 Å². The summed E-state index contributed by atoms with van der Waals surface area (Å²) in [5, 5.41) is 0.946. The molecule has 0 unspecified atom stereocenters. The van der Waals surface area contributed by atoms with E-state index in [4.69, 9.17) is 12.2 Å². The van der Waals surface area contributed by atoms with E-state index in [2.05, 4.69) is 17.0 Å². The quantitative estimate of drug-likeness (QED) is 0.554. The minimum atomic E-state index is -0.0478. The lowest BCUT2D eigenvalue weighted by atomic mass is 10.3. The van der Waals surface area contributed by atoms with Crippen LogP contribution in [0.4, 0.5) is 11.4 Å². The van der Waals surface area contributed by atoms with Crippen LogP contribution < -0.4 is 9.80 Å². The molecule has 114 valence electrons. The van der Waals surface area contributed by atoms with Gasteiger partial charge in [-0.2, -0.15) is 0 Å². The Morgan fingerprint density at radius 2 is 1.65 bits per heavy atom. The maximum atomic E-state index is 12.9. The number of carbonyl (C=O) groups is 1. The Kier molecular flexibility index (Phi) is 3.67. The number of carbonyl (C=O) groups excluding carboxylic acids is 1. The van der Waals surface area contributed by atoms with Crippen LogP contribution >= 0.6 is 35.7 Å². The Bertz CT molecular complexity index is 848. The number of hydrogen-bond acceptors (Lipinski definition) is 5. The van der Waals surface area contributed by atoms with Gasteiger partial charge in [0, 0.05) is 11.9 Å². The molecular weight excluding hydrogens is 344 g/mol. The van der Waals surface area contributed by atoms with Crippen LogP contribution in [0.3, 0.4) is 0 Å². The number of thiocarbonyl (C=S) groups is 1. The molecule has 4 rings (SSSR count). The lowest BCUT2D eigenvalue weighted by Crippen LogP contribution is -2.28. The highest BCUT2D eigenvalue weighted by Crippen LogP contribution is 2.50. The number of rotatable bonds is 1. The third kappa shape index (κ3) is 2.38. The van der Waals surface area contributed by atoms with Crippen LogP contribution in [0, 0.1) is 0 Å². The SMILES string of the molecule is CN1/C(=C2\SC(=S)N(c3ccccc3)C2=O)Sc2ccccc21. The van der Waals surface area contributed by atoms with Crippen LogP contribution in [0.25, 0.3) is 0 Å². The number of hydrogen-bond donors (Lipinski definition) is 0. The fourth-order valence-corrected chi connectivity index (χ4v) is 5.22. The standard InChI is InChI=1S/C17H12N2OS3/c1-18-12-9-5-6-10-13(12)22-16(18)14-15(20)19(17(21)23-14)11-7-3-2-4-8-11/h2-10H,1H3/b16-14+. The number of benzene rings is 2. The van der Waals surface area contributed by atoms with Crippen molar-refractivity contribution in [1.82, 2.24) is 0 Å². The van der Waals surface area contributed by atoms with E-state index in [1.807, 2.05) is 49.5 Å². The summed E-state index contributed by atoms with van der Waals surface area (Å²) in [6.45, 7) is 0. The fraction of sp³-hybridized carbons (Fsp3) is 0.0588. The second-order valence-electron chi connectivity index (χ2n) is 5.11. The number of amides is 1. The monoisotopic (exact) mass is 356 g/mol. The van der Waals surface area contributed by atoms with Gasteiger partial charge in [-0.25, -0.2) is 0 Å². The van der Waals surface area contributed by atoms with Crippen molar-refractivity contribution >= 4 is 57.3 Å². The minimum absolute atomic E-state index is 0.0478. The molecule has 1 fully saturated rings. The second-order valence-corrected chi connectivity index (χ2v) is 7.78.